The SMILES string of the molecule is CC(=O)CC(C)=O.Clc1cccnc1Cl.Clc1cccnc1Cl.Clc1cccnc1Cl.[Co].[Co].[Co].[Co]. The normalized spacial score (nSPS) is 8.00. The molecule has 0 aliphatic rings. The van der Waals surface area contributed by atoms with Gasteiger partial charge in [-0.25, -0.2) is 15.0 Å². The number of nitrogens with zero attached hydrogens (tertiary/aromatic N) is 3. The fraction of sp³-hybridized carbons (Fsp3) is 0.150. The van der Waals surface area contributed by atoms with E-state index in [-0.39, 0.29) is 85.1 Å². The van der Waals surface area contributed by atoms with Gasteiger partial charge in [-0.15, -0.1) is 0 Å². The van der Waals surface area contributed by atoms with E-state index in [0.29, 0.717) is 30.5 Å². The quantitative estimate of drug-likeness (QED) is 0.197. The number of ketones is 2. The molecule has 0 aliphatic heterocycles. The van der Waals surface area contributed by atoms with Crippen molar-refractivity contribution in [3.63, 3.8) is 0 Å². The van der Waals surface area contributed by atoms with Crippen LogP contribution in [0.5, 0.6) is 0 Å². The fourth-order valence-electron chi connectivity index (χ4n) is 1.45. The van der Waals surface area contributed by atoms with Gasteiger partial charge in [0.1, 0.15) is 27.0 Å². The first-order valence-corrected chi connectivity index (χ1v) is 10.6. The Kier molecular flexibility index (Phi) is 35.8. The molecule has 15 heteroatoms. The van der Waals surface area contributed by atoms with Crippen LogP contribution in [0.1, 0.15) is 20.3 Å². The number of hydrogen-bond donors (Lipinski definition) is 0. The molecule has 0 unspecified atom stereocenters. The molecular weight excluding hydrogens is 763 g/mol. The molecule has 0 fully saturated rings. The summed E-state index contributed by atoms with van der Waals surface area (Å²) in [5.41, 5.74) is 0. The number of aromatic nitrogens is 3. The van der Waals surface area contributed by atoms with E-state index in [4.69, 9.17) is 69.6 Å². The van der Waals surface area contributed by atoms with Crippen LogP contribution >= 0.6 is 69.6 Å². The van der Waals surface area contributed by atoms with E-state index < -0.39 is 0 Å². The molecule has 0 bridgehead atoms. The maximum Gasteiger partial charge on any atom is 0.147 e. The van der Waals surface area contributed by atoms with Crippen LogP contribution in [0.4, 0.5) is 0 Å². The van der Waals surface area contributed by atoms with Crippen molar-refractivity contribution in [2.24, 2.45) is 0 Å². The van der Waals surface area contributed by atoms with Crippen LogP contribution in [0.15, 0.2) is 55.0 Å². The number of hydrogen-bond acceptors (Lipinski definition) is 5. The number of carbonyl (C=O) groups excluding carboxylic acids is 2. The molecule has 0 spiro atoms. The summed E-state index contributed by atoms with van der Waals surface area (Å²) in [6.45, 7) is 2.81. The minimum atomic E-state index is -0.0625. The Morgan fingerprint density at radius 3 is 0.886 bits per heavy atom. The van der Waals surface area contributed by atoms with E-state index in [1.165, 1.54) is 13.8 Å². The van der Waals surface area contributed by atoms with Crippen LogP contribution in [-0.2, 0) is 76.7 Å². The molecule has 202 valence electrons. The van der Waals surface area contributed by atoms with Crippen LogP contribution < -0.4 is 0 Å². The molecule has 35 heavy (non-hydrogen) atoms. The van der Waals surface area contributed by atoms with Crippen LogP contribution in [0.2, 0.25) is 30.5 Å². The summed E-state index contributed by atoms with van der Waals surface area (Å²) in [4.78, 5) is 31.2. The zero-order valence-corrected chi connectivity index (χ0v) is 26.4. The Morgan fingerprint density at radius 1 is 0.571 bits per heavy atom. The number of Topliss-reactive ketones (excluding diaryl/α,β-unsaturated/α-hetero) is 2. The standard InChI is InChI=1S/3C5H3Cl2N.C5H8O2.4Co/c3*6-4-2-1-3-8-5(4)7;1-4(6)3-5(2)7;;;;/h3*1-3H;3H2,1-2H3;;;;. The van der Waals surface area contributed by atoms with Crippen LogP contribution in [0.3, 0.4) is 0 Å². The second-order valence-corrected chi connectivity index (χ2v) is 7.70. The van der Waals surface area contributed by atoms with Gasteiger partial charge in [-0.05, 0) is 50.2 Å². The first-order chi connectivity index (χ1) is 14.5. The van der Waals surface area contributed by atoms with E-state index in [1.807, 2.05) is 0 Å². The molecule has 0 atom stereocenters. The molecule has 4 radical (unpaired) electrons. The molecule has 3 rings (SSSR count). The first-order valence-electron chi connectivity index (χ1n) is 8.31. The smallest absolute Gasteiger partial charge is 0.147 e. The molecule has 5 nitrogen and oxygen atoms in total. The molecule has 0 aromatic carbocycles. The van der Waals surface area contributed by atoms with Crippen molar-refractivity contribution in [1.82, 2.24) is 15.0 Å². The van der Waals surface area contributed by atoms with E-state index in [9.17, 15) is 9.59 Å². The largest absolute Gasteiger partial charge is 0.300 e. The molecule has 0 amide bonds. The predicted octanol–water partition coefficient (Wildman–Crippen LogP) is 7.71. The van der Waals surface area contributed by atoms with Gasteiger partial charge in [0.2, 0.25) is 0 Å². The minimum absolute atomic E-state index is 0. The van der Waals surface area contributed by atoms with E-state index in [0.717, 1.165) is 0 Å². The summed E-state index contributed by atoms with van der Waals surface area (Å²) < 4.78 is 0. The molecule has 3 aromatic heterocycles. The third kappa shape index (κ3) is 26.0. The van der Waals surface area contributed by atoms with E-state index in [1.54, 1.807) is 55.0 Å². The summed E-state index contributed by atoms with van der Waals surface area (Å²) in [6, 6.07) is 10.3. The number of carbonyl (C=O) groups is 2. The molecule has 0 saturated carbocycles. The van der Waals surface area contributed by atoms with Crippen molar-refractivity contribution >= 4 is 81.2 Å². The zero-order chi connectivity index (χ0) is 23.8. The molecule has 0 aliphatic carbocycles. The third-order valence-electron chi connectivity index (χ3n) is 2.64. The van der Waals surface area contributed by atoms with Crippen molar-refractivity contribution in [2.75, 3.05) is 0 Å². The topological polar surface area (TPSA) is 72.8 Å². The van der Waals surface area contributed by atoms with Gasteiger partial charge in [-0.3, -0.25) is 9.59 Å². The van der Waals surface area contributed by atoms with Gasteiger partial charge >= 0.3 is 0 Å². The second kappa shape index (κ2) is 27.6. The summed E-state index contributed by atoms with van der Waals surface area (Å²) in [6.07, 6.45) is 4.86. The Morgan fingerprint density at radius 2 is 0.800 bits per heavy atom. The third-order valence-corrected chi connectivity index (χ3v) is 4.75. The zero-order valence-electron chi connectivity index (χ0n) is 17.7. The maximum atomic E-state index is 10.0. The van der Waals surface area contributed by atoms with Crippen LogP contribution in [0, 0.1) is 0 Å². The molecule has 3 heterocycles. The summed E-state index contributed by atoms with van der Waals surface area (Å²) >= 11 is 32.9. The Hall–Kier alpha value is 0.556. The predicted molar refractivity (Wildman–Crippen MR) is 129 cm³/mol. The van der Waals surface area contributed by atoms with E-state index >= 15 is 0 Å². The average molecular weight is 780 g/mol. The van der Waals surface area contributed by atoms with Gasteiger partial charge in [0.15, 0.2) is 0 Å². The number of rotatable bonds is 2. The monoisotopic (exact) mass is 777 g/mol. The Bertz CT molecular complexity index is 812. The van der Waals surface area contributed by atoms with Gasteiger partial charge < -0.3 is 0 Å². The Labute approximate surface area is 275 Å². The van der Waals surface area contributed by atoms with Crippen LogP contribution in [-0.4, -0.2) is 26.5 Å². The van der Waals surface area contributed by atoms with Gasteiger partial charge in [0, 0.05) is 85.7 Å². The van der Waals surface area contributed by atoms with Crippen molar-refractivity contribution < 1.29 is 76.7 Å². The minimum Gasteiger partial charge on any atom is -0.300 e. The average Bonchev–Trinajstić information content (AvgIpc) is 2.69. The number of halogens is 6. The van der Waals surface area contributed by atoms with Crippen molar-refractivity contribution in [1.29, 1.82) is 0 Å². The molecule has 0 saturated heterocycles. The Balaban J connectivity index is -0.000000110. The fourth-order valence-corrected chi connectivity index (χ4v) is 2.17. The van der Waals surface area contributed by atoms with Gasteiger partial charge in [-0.1, -0.05) is 69.6 Å². The summed E-state index contributed by atoms with van der Waals surface area (Å²) in [7, 11) is 0. The summed E-state index contributed by atoms with van der Waals surface area (Å²) in [5, 5.41) is 2.55. The van der Waals surface area contributed by atoms with Crippen molar-refractivity contribution in [2.45, 2.75) is 20.3 Å². The summed E-state index contributed by atoms with van der Waals surface area (Å²) in [5.74, 6) is -0.125. The molecule has 3 aromatic rings. The molecular formula is C20H17Cl6Co4N3O2. The maximum absolute atomic E-state index is 10.0. The molecule has 0 N–H and O–H groups in total. The van der Waals surface area contributed by atoms with Gasteiger partial charge in [-0.2, -0.15) is 0 Å². The van der Waals surface area contributed by atoms with Crippen molar-refractivity contribution in [3.8, 4) is 0 Å². The van der Waals surface area contributed by atoms with Crippen molar-refractivity contribution in [3.05, 3.63) is 85.5 Å². The number of pyridine rings is 3. The van der Waals surface area contributed by atoms with Gasteiger partial charge in [0.25, 0.3) is 0 Å². The van der Waals surface area contributed by atoms with E-state index in [2.05, 4.69) is 15.0 Å². The first kappa shape index (κ1) is 45.5. The van der Waals surface area contributed by atoms with Crippen LogP contribution in [0.25, 0.3) is 0 Å². The second-order valence-electron chi connectivity index (χ2n) is 5.41. The van der Waals surface area contributed by atoms with Gasteiger partial charge in [0.05, 0.1) is 21.5 Å².